The molecule has 0 fully saturated rings. The molecule has 0 atom stereocenters. The van der Waals surface area contributed by atoms with Crippen LogP contribution < -0.4 is 16.4 Å². The lowest BCUT2D eigenvalue weighted by Crippen LogP contribution is -2.13. The van der Waals surface area contributed by atoms with Gasteiger partial charge in [0, 0.05) is 24.5 Å². The average molecular weight is 318 g/mol. The van der Waals surface area contributed by atoms with Crippen LogP contribution in [0.2, 0.25) is 0 Å². The molecule has 3 aromatic rings. The molecule has 5 heteroatoms. The Hall–Kier alpha value is -3.34. The van der Waals surface area contributed by atoms with E-state index in [0.717, 1.165) is 11.3 Å². The third-order valence-electron chi connectivity index (χ3n) is 3.58. The number of para-hydroxylation sites is 2. The molecule has 1 aromatic heterocycles. The topological polar surface area (TPSA) is 80.0 Å². The van der Waals surface area contributed by atoms with Crippen LogP contribution in [0.15, 0.2) is 73.1 Å². The summed E-state index contributed by atoms with van der Waals surface area (Å²) in [5.41, 5.74) is 9.62. The van der Waals surface area contributed by atoms with Gasteiger partial charge in [-0.3, -0.25) is 9.78 Å². The van der Waals surface area contributed by atoms with Crippen LogP contribution in [0.3, 0.4) is 0 Å². The van der Waals surface area contributed by atoms with Crippen molar-refractivity contribution in [3.8, 4) is 0 Å². The Morgan fingerprint density at radius 1 is 1.00 bits per heavy atom. The first-order valence-electron chi connectivity index (χ1n) is 7.61. The predicted octanol–water partition coefficient (Wildman–Crippen LogP) is 3.53. The molecule has 3 rings (SSSR count). The van der Waals surface area contributed by atoms with E-state index < -0.39 is 0 Å². The van der Waals surface area contributed by atoms with Crippen LogP contribution >= 0.6 is 0 Å². The lowest BCUT2D eigenvalue weighted by molar-refractivity contribution is 0.102. The van der Waals surface area contributed by atoms with E-state index in [1.54, 1.807) is 36.7 Å². The van der Waals surface area contributed by atoms with E-state index in [1.165, 1.54) is 0 Å². The Morgan fingerprint density at radius 3 is 2.50 bits per heavy atom. The highest BCUT2D eigenvalue weighted by molar-refractivity contribution is 6.05. The van der Waals surface area contributed by atoms with E-state index in [9.17, 15) is 4.79 Å². The van der Waals surface area contributed by atoms with Crippen molar-refractivity contribution >= 4 is 23.0 Å². The molecule has 0 spiro atoms. The molecule has 0 aliphatic rings. The molecule has 1 amide bonds. The molecule has 0 unspecified atom stereocenters. The van der Waals surface area contributed by atoms with Crippen molar-refractivity contribution in [1.29, 1.82) is 0 Å². The van der Waals surface area contributed by atoms with Crippen molar-refractivity contribution < 1.29 is 4.79 Å². The van der Waals surface area contributed by atoms with Crippen LogP contribution in [-0.2, 0) is 6.54 Å². The zero-order chi connectivity index (χ0) is 16.8. The fourth-order valence-corrected chi connectivity index (χ4v) is 2.25. The zero-order valence-corrected chi connectivity index (χ0v) is 13.1. The first-order valence-corrected chi connectivity index (χ1v) is 7.61. The van der Waals surface area contributed by atoms with Gasteiger partial charge in [-0.2, -0.15) is 0 Å². The molecule has 120 valence electrons. The number of carbonyl (C=O) groups excluding carboxylic acids is 1. The molecule has 0 bridgehead atoms. The standard InChI is InChI=1S/C19H18N4O/c20-17-5-1-2-6-18(17)23-19(24)15-9-7-14(8-10-15)12-22-16-4-3-11-21-13-16/h1-11,13,22H,12,20H2,(H,23,24). The minimum Gasteiger partial charge on any atom is -0.397 e. The second-order valence-electron chi connectivity index (χ2n) is 5.33. The number of rotatable bonds is 5. The van der Waals surface area contributed by atoms with Gasteiger partial charge in [0.15, 0.2) is 0 Å². The van der Waals surface area contributed by atoms with Crippen molar-refractivity contribution in [2.24, 2.45) is 0 Å². The summed E-state index contributed by atoms with van der Waals surface area (Å²) in [6, 6.07) is 18.5. The van der Waals surface area contributed by atoms with E-state index in [0.29, 0.717) is 23.5 Å². The van der Waals surface area contributed by atoms with Gasteiger partial charge in [-0.1, -0.05) is 24.3 Å². The summed E-state index contributed by atoms with van der Waals surface area (Å²) in [7, 11) is 0. The summed E-state index contributed by atoms with van der Waals surface area (Å²) in [5, 5.41) is 6.09. The van der Waals surface area contributed by atoms with Crippen molar-refractivity contribution in [3.05, 3.63) is 84.2 Å². The Bertz CT molecular complexity index is 816. The molecule has 2 aromatic carbocycles. The number of nitrogen functional groups attached to an aromatic ring is 1. The fourth-order valence-electron chi connectivity index (χ4n) is 2.25. The highest BCUT2D eigenvalue weighted by Gasteiger charge is 2.07. The molecule has 1 heterocycles. The summed E-state index contributed by atoms with van der Waals surface area (Å²) in [6.45, 7) is 0.666. The number of hydrogen-bond donors (Lipinski definition) is 3. The number of amides is 1. The van der Waals surface area contributed by atoms with Gasteiger partial charge in [-0.05, 0) is 42.0 Å². The molecular formula is C19H18N4O. The number of nitrogens with zero attached hydrogens (tertiary/aromatic N) is 1. The van der Waals surface area contributed by atoms with Crippen LogP contribution in [-0.4, -0.2) is 10.9 Å². The first kappa shape index (κ1) is 15.6. The zero-order valence-electron chi connectivity index (χ0n) is 13.1. The largest absolute Gasteiger partial charge is 0.397 e. The number of anilines is 3. The Labute approximate surface area is 140 Å². The SMILES string of the molecule is Nc1ccccc1NC(=O)c1ccc(CNc2cccnc2)cc1. The quantitative estimate of drug-likeness (QED) is 0.629. The second-order valence-corrected chi connectivity index (χ2v) is 5.33. The molecule has 0 aliphatic carbocycles. The van der Waals surface area contributed by atoms with Crippen molar-refractivity contribution in [3.63, 3.8) is 0 Å². The van der Waals surface area contributed by atoms with Gasteiger partial charge in [0.25, 0.3) is 5.91 Å². The Morgan fingerprint density at radius 2 is 1.79 bits per heavy atom. The second kappa shape index (κ2) is 7.28. The molecule has 0 saturated carbocycles. The summed E-state index contributed by atoms with van der Waals surface area (Å²) in [6.07, 6.45) is 3.50. The van der Waals surface area contributed by atoms with Crippen LogP contribution in [0, 0.1) is 0 Å². The van der Waals surface area contributed by atoms with Crippen LogP contribution in [0.25, 0.3) is 0 Å². The number of benzene rings is 2. The average Bonchev–Trinajstić information content (AvgIpc) is 2.63. The highest BCUT2D eigenvalue weighted by Crippen LogP contribution is 2.18. The van der Waals surface area contributed by atoms with Crippen LogP contribution in [0.1, 0.15) is 15.9 Å². The maximum Gasteiger partial charge on any atom is 0.255 e. The number of aromatic nitrogens is 1. The summed E-state index contributed by atoms with van der Waals surface area (Å²) < 4.78 is 0. The monoisotopic (exact) mass is 318 g/mol. The molecule has 5 nitrogen and oxygen atoms in total. The van der Waals surface area contributed by atoms with Crippen LogP contribution in [0.5, 0.6) is 0 Å². The summed E-state index contributed by atoms with van der Waals surface area (Å²) in [4.78, 5) is 16.3. The molecule has 24 heavy (non-hydrogen) atoms. The minimum atomic E-state index is -0.181. The van der Waals surface area contributed by atoms with Gasteiger partial charge in [0.2, 0.25) is 0 Å². The van der Waals surface area contributed by atoms with Crippen molar-refractivity contribution in [2.75, 3.05) is 16.4 Å². The van der Waals surface area contributed by atoms with E-state index >= 15 is 0 Å². The molecule has 0 aliphatic heterocycles. The van der Waals surface area contributed by atoms with E-state index in [-0.39, 0.29) is 5.91 Å². The minimum absolute atomic E-state index is 0.181. The van der Waals surface area contributed by atoms with Gasteiger partial charge in [-0.25, -0.2) is 0 Å². The molecule has 0 radical (unpaired) electrons. The first-order chi connectivity index (χ1) is 11.7. The molecule has 4 N–H and O–H groups in total. The van der Waals surface area contributed by atoms with Gasteiger partial charge >= 0.3 is 0 Å². The summed E-state index contributed by atoms with van der Waals surface area (Å²) >= 11 is 0. The maximum absolute atomic E-state index is 12.3. The highest BCUT2D eigenvalue weighted by atomic mass is 16.1. The van der Waals surface area contributed by atoms with Crippen molar-refractivity contribution in [1.82, 2.24) is 4.98 Å². The normalized spacial score (nSPS) is 10.2. The van der Waals surface area contributed by atoms with E-state index in [4.69, 9.17) is 5.73 Å². The predicted molar refractivity (Wildman–Crippen MR) is 96.8 cm³/mol. The number of nitrogens with one attached hydrogen (secondary N) is 2. The Kier molecular flexibility index (Phi) is 4.72. The smallest absolute Gasteiger partial charge is 0.255 e. The van der Waals surface area contributed by atoms with Gasteiger partial charge in [0.1, 0.15) is 0 Å². The molecule has 0 saturated heterocycles. The van der Waals surface area contributed by atoms with Crippen LogP contribution in [0.4, 0.5) is 17.1 Å². The van der Waals surface area contributed by atoms with Crippen molar-refractivity contribution in [2.45, 2.75) is 6.54 Å². The number of nitrogens with two attached hydrogens (primary N) is 1. The lowest BCUT2D eigenvalue weighted by atomic mass is 10.1. The van der Waals surface area contributed by atoms with E-state index in [2.05, 4.69) is 15.6 Å². The van der Waals surface area contributed by atoms with Gasteiger partial charge in [-0.15, -0.1) is 0 Å². The lowest BCUT2D eigenvalue weighted by Gasteiger charge is -2.09. The number of pyridine rings is 1. The third kappa shape index (κ3) is 3.89. The number of carbonyl (C=O) groups is 1. The van der Waals surface area contributed by atoms with Gasteiger partial charge < -0.3 is 16.4 Å². The Balaban J connectivity index is 1.61. The maximum atomic E-state index is 12.3. The fraction of sp³-hybridized carbons (Fsp3) is 0.0526. The van der Waals surface area contributed by atoms with Gasteiger partial charge in [0.05, 0.1) is 17.1 Å². The number of hydrogen-bond acceptors (Lipinski definition) is 4. The third-order valence-corrected chi connectivity index (χ3v) is 3.58. The molecular weight excluding hydrogens is 300 g/mol. The summed E-state index contributed by atoms with van der Waals surface area (Å²) in [5.74, 6) is -0.181. The van der Waals surface area contributed by atoms with E-state index in [1.807, 2.05) is 36.4 Å².